The van der Waals surface area contributed by atoms with Crippen LogP contribution in [0.4, 0.5) is 0 Å². The molecule has 0 unspecified atom stereocenters. The van der Waals surface area contributed by atoms with Gasteiger partial charge < -0.3 is 10.8 Å². The maximum absolute atomic E-state index is 9.65. The van der Waals surface area contributed by atoms with E-state index in [-0.39, 0.29) is 0 Å². The lowest BCUT2D eigenvalue weighted by Crippen LogP contribution is -2.08. The highest BCUT2D eigenvalue weighted by Crippen LogP contribution is 2.32. The van der Waals surface area contributed by atoms with Crippen LogP contribution in [0.15, 0.2) is 0 Å². The second-order valence-electron chi connectivity index (χ2n) is 4.15. The lowest BCUT2D eigenvalue weighted by molar-refractivity contribution is 0.160. The number of H-pyrrole nitrogens is 1. The van der Waals surface area contributed by atoms with E-state index in [1.165, 1.54) is 25.7 Å². The van der Waals surface area contributed by atoms with Crippen LogP contribution in [0.5, 0.6) is 0 Å². The van der Waals surface area contributed by atoms with Gasteiger partial charge >= 0.3 is 0 Å². The molecule has 0 aliphatic heterocycles. The largest absolute Gasteiger partial charge is 0.385 e. The van der Waals surface area contributed by atoms with Crippen molar-refractivity contribution in [3.63, 3.8) is 0 Å². The minimum Gasteiger partial charge on any atom is -0.385 e. The highest BCUT2D eigenvalue weighted by atomic mass is 16.3. The van der Waals surface area contributed by atoms with Crippen LogP contribution in [0.3, 0.4) is 0 Å². The predicted octanol–water partition coefficient (Wildman–Crippen LogP) is 0.844. The summed E-state index contributed by atoms with van der Waals surface area (Å²) in [5, 5.41) is 16.6. The monoisotopic (exact) mass is 210 g/mol. The molecule has 1 fully saturated rings. The average Bonchev–Trinajstić information content (AvgIpc) is 2.89. The highest BCUT2D eigenvalue weighted by Gasteiger charge is 2.22. The molecule has 0 saturated heterocycles. The lowest BCUT2D eigenvalue weighted by atomic mass is 10.1. The number of nitrogens with zero attached hydrogens (tertiary/aromatic N) is 2. The quantitative estimate of drug-likeness (QED) is 0.687. The van der Waals surface area contributed by atoms with Crippen molar-refractivity contribution in [2.24, 2.45) is 5.73 Å². The third-order valence-corrected chi connectivity index (χ3v) is 3.00. The van der Waals surface area contributed by atoms with E-state index in [1.807, 2.05) is 0 Å². The van der Waals surface area contributed by atoms with Gasteiger partial charge in [-0.25, -0.2) is 4.98 Å². The fourth-order valence-corrected chi connectivity index (χ4v) is 2.11. The molecule has 2 rings (SSSR count). The molecule has 0 radical (unpaired) electrons. The van der Waals surface area contributed by atoms with Crippen molar-refractivity contribution in [1.29, 1.82) is 0 Å². The number of aromatic nitrogens is 3. The van der Waals surface area contributed by atoms with E-state index in [1.54, 1.807) is 0 Å². The van der Waals surface area contributed by atoms with Gasteiger partial charge in [-0.2, -0.15) is 5.10 Å². The molecule has 15 heavy (non-hydrogen) atoms. The highest BCUT2D eigenvalue weighted by molar-refractivity contribution is 5.01. The van der Waals surface area contributed by atoms with Crippen molar-refractivity contribution in [2.75, 3.05) is 6.54 Å². The fraction of sp³-hybridized carbons (Fsp3) is 0.800. The number of aliphatic hydroxyl groups is 1. The number of aliphatic hydroxyl groups excluding tert-OH is 1. The minimum atomic E-state index is -0.624. The Morgan fingerprint density at radius 2 is 2.20 bits per heavy atom. The normalized spacial score (nSPS) is 19.6. The summed E-state index contributed by atoms with van der Waals surface area (Å²) in [6, 6.07) is 0. The molecule has 0 bridgehead atoms. The first-order valence-electron chi connectivity index (χ1n) is 5.61. The van der Waals surface area contributed by atoms with Crippen LogP contribution < -0.4 is 5.73 Å². The van der Waals surface area contributed by atoms with Crippen LogP contribution in [0, 0.1) is 0 Å². The molecule has 1 aliphatic carbocycles. The van der Waals surface area contributed by atoms with Crippen molar-refractivity contribution in [3.05, 3.63) is 11.6 Å². The molecule has 1 heterocycles. The van der Waals surface area contributed by atoms with Crippen molar-refractivity contribution in [2.45, 2.75) is 44.1 Å². The topological polar surface area (TPSA) is 87.8 Å². The minimum absolute atomic E-state index is 0.453. The number of nitrogens with one attached hydrogen (secondary N) is 1. The van der Waals surface area contributed by atoms with Crippen molar-refractivity contribution >= 4 is 0 Å². The van der Waals surface area contributed by atoms with Crippen LogP contribution in [0.25, 0.3) is 0 Å². The smallest absolute Gasteiger partial charge is 0.179 e. The van der Waals surface area contributed by atoms with Gasteiger partial charge in [-0.1, -0.05) is 12.8 Å². The Labute approximate surface area is 89.1 Å². The van der Waals surface area contributed by atoms with E-state index < -0.39 is 6.10 Å². The zero-order valence-corrected chi connectivity index (χ0v) is 8.82. The van der Waals surface area contributed by atoms with Crippen LogP contribution in [-0.4, -0.2) is 26.8 Å². The summed E-state index contributed by atoms with van der Waals surface area (Å²) < 4.78 is 0. The molecule has 0 aromatic carbocycles. The molecule has 0 spiro atoms. The standard InChI is InChI=1S/C10H18N4O/c11-6-5-8(15)10-12-9(13-14-10)7-3-1-2-4-7/h7-8,15H,1-6,11H2,(H,12,13,14)/t8-/m0/s1. The van der Waals surface area contributed by atoms with Gasteiger partial charge in [0.25, 0.3) is 0 Å². The van der Waals surface area contributed by atoms with Crippen molar-refractivity contribution < 1.29 is 5.11 Å². The van der Waals surface area contributed by atoms with Gasteiger partial charge in [0.2, 0.25) is 0 Å². The molecular formula is C10H18N4O. The van der Waals surface area contributed by atoms with E-state index >= 15 is 0 Å². The number of nitrogens with two attached hydrogens (primary N) is 1. The molecule has 84 valence electrons. The first-order chi connectivity index (χ1) is 7.31. The van der Waals surface area contributed by atoms with Gasteiger partial charge in [0.1, 0.15) is 11.9 Å². The summed E-state index contributed by atoms with van der Waals surface area (Å²) in [5.41, 5.74) is 5.37. The van der Waals surface area contributed by atoms with E-state index in [9.17, 15) is 5.11 Å². The van der Waals surface area contributed by atoms with Gasteiger partial charge in [-0.15, -0.1) is 0 Å². The molecule has 1 aromatic rings. The Balaban J connectivity index is 2.02. The Hall–Kier alpha value is -0.940. The molecule has 5 heteroatoms. The summed E-state index contributed by atoms with van der Waals surface area (Å²) in [5.74, 6) is 1.93. The van der Waals surface area contributed by atoms with Crippen molar-refractivity contribution in [1.82, 2.24) is 15.2 Å². The zero-order chi connectivity index (χ0) is 10.7. The van der Waals surface area contributed by atoms with E-state index in [4.69, 9.17) is 5.73 Å². The average molecular weight is 210 g/mol. The predicted molar refractivity (Wildman–Crippen MR) is 56.2 cm³/mol. The zero-order valence-electron chi connectivity index (χ0n) is 8.82. The molecule has 1 atom stereocenters. The number of rotatable bonds is 4. The second kappa shape index (κ2) is 4.72. The SMILES string of the molecule is NCC[C@H](O)c1n[nH]c(C2CCCC2)n1. The fourth-order valence-electron chi connectivity index (χ4n) is 2.11. The Kier molecular flexibility index (Phi) is 3.33. The molecule has 0 amide bonds. The van der Waals surface area contributed by atoms with Gasteiger partial charge in [-0.3, -0.25) is 5.10 Å². The Morgan fingerprint density at radius 3 is 2.87 bits per heavy atom. The summed E-state index contributed by atoms with van der Waals surface area (Å²) in [7, 11) is 0. The van der Waals surface area contributed by atoms with Crippen LogP contribution in [0.1, 0.15) is 55.8 Å². The second-order valence-corrected chi connectivity index (χ2v) is 4.15. The summed E-state index contributed by atoms with van der Waals surface area (Å²) >= 11 is 0. The number of aromatic amines is 1. The summed E-state index contributed by atoms with van der Waals surface area (Å²) in [6.45, 7) is 0.453. The molecule has 1 aromatic heterocycles. The first kappa shape index (κ1) is 10.6. The molecule has 5 nitrogen and oxygen atoms in total. The Bertz CT molecular complexity index is 306. The van der Waals surface area contributed by atoms with E-state index in [0.717, 1.165) is 5.82 Å². The van der Waals surface area contributed by atoms with Gasteiger partial charge in [0.05, 0.1) is 0 Å². The summed E-state index contributed by atoms with van der Waals surface area (Å²) in [6.07, 6.45) is 4.80. The molecule has 4 N–H and O–H groups in total. The van der Waals surface area contributed by atoms with Crippen molar-refractivity contribution in [3.8, 4) is 0 Å². The Morgan fingerprint density at radius 1 is 1.47 bits per heavy atom. The van der Waals surface area contributed by atoms with E-state index in [0.29, 0.717) is 24.7 Å². The maximum Gasteiger partial charge on any atom is 0.179 e. The van der Waals surface area contributed by atoms with E-state index in [2.05, 4.69) is 15.2 Å². The molecular weight excluding hydrogens is 192 g/mol. The third kappa shape index (κ3) is 2.35. The molecule has 1 saturated carbocycles. The van der Waals surface area contributed by atoms with Crippen LogP contribution in [-0.2, 0) is 0 Å². The van der Waals surface area contributed by atoms with Gasteiger partial charge in [-0.05, 0) is 25.8 Å². The third-order valence-electron chi connectivity index (χ3n) is 3.00. The molecule has 1 aliphatic rings. The van der Waals surface area contributed by atoms with Gasteiger partial charge in [0.15, 0.2) is 5.82 Å². The summed E-state index contributed by atoms with van der Waals surface area (Å²) in [4.78, 5) is 4.34. The lowest BCUT2D eigenvalue weighted by Gasteiger charge is -2.04. The van der Waals surface area contributed by atoms with Crippen LogP contribution in [0.2, 0.25) is 0 Å². The van der Waals surface area contributed by atoms with Gasteiger partial charge in [0, 0.05) is 5.92 Å². The first-order valence-corrected chi connectivity index (χ1v) is 5.61. The van der Waals surface area contributed by atoms with Crippen LogP contribution >= 0.6 is 0 Å². The number of hydrogen-bond donors (Lipinski definition) is 3. The maximum atomic E-state index is 9.65. The number of hydrogen-bond acceptors (Lipinski definition) is 4.